The fraction of sp³-hybridized carbons (Fsp3) is 0.609. The summed E-state index contributed by atoms with van der Waals surface area (Å²) in [7, 11) is -2.11. The minimum Gasteiger partial charge on any atom is -0.497 e. The van der Waals surface area contributed by atoms with Gasteiger partial charge in [-0.05, 0) is 30.4 Å². The molecule has 0 N–H and O–H groups in total. The fourth-order valence-corrected chi connectivity index (χ4v) is 6.07. The Morgan fingerprint density at radius 2 is 1.91 bits per heavy atom. The Bertz CT molecular complexity index is 1100. The highest BCUT2D eigenvalue weighted by Gasteiger charge is 2.51. The van der Waals surface area contributed by atoms with Crippen molar-refractivity contribution in [1.29, 1.82) is 0 Å². The molecule has 2 aromatic rings. The maximum atomic E-state index is 13.6. The van der Waals surface area contributed by atoms with E-state index in [-0.39, 0.29) is 13.1 Å². The lowest BCUT2D eigenvalue weighted by Crippen LogP contribution is -2.47. The number of hydrogen-bond donors (Lipinski definition) is 0. The lowest BCUT2D eigenvalue weighted by molar-refractivity contribution is -0.0492. The third-order valence-corrected chi connectivity index (χ3v) is 8.45. The van der Waals surface area contributed by atoms with Crippen LogP contribution in [0.1, 0.15) is 49.8 Å². The second-order valence-electron chi connectivity index (χ2n) is 9.28. The second kappa shape index (κ2) is 9.77. The van der Waals surface area contributed by atoms with Gasteiger partial charge in [-0.1, -0.05) is 31.7 Å². The first-order valence-electron chi connectivity index (χ1n) is 11.6. The smallest absolute Gasteiger partial charge is 0.497 e. The van der Waals surface area contributed by atoms with E-state index in [0.717, 1.165) is 25.0 Å². The molecule has 1 atom stereocenters. The Kier molecular flexibility index (Phi) is 7.14. The number of fused-ring (bicyclic) bond motifs is 1. The molecule has 34 heavy (non-hydrogen) atoms. The molecule has 188 valence electrons. The molecule has 0 spiro atoms. The Morgan fingerprint density at radius 1 is 1.18 bits per heavy atom. The third kappa shape index (κ3) is 5.19. The molecule has 1 saturated carbocycles. The van der Waals surface area contributed by atoms with E-state index in [2.05, 4.69) is 4.98 Å². The van der Waals surface area contributed by atoms with Gasteiger partial charge in [0.2, 0.25) is 0 Å². The van der Waals surface area contributed by atoms with Crippen molar-refractivity contribution in [2.45, 2.75) is 63.2 Å². The van der Waals surface area contributed by atoms with E-state index in [0.29, 0.717) is 40.2 Å². The van der Waals surface area contributed by atoms with Crippen molar-refractivity contribution < 1.29 is 26.3 Å². The maximum Gasteiger partial charge on any atom is 0.511 e. The fourth-order valence-electron chi connectivity index (χ4n) is 5.10. The highest BCUT2D eigenvalue weighted by molar-refractivity contribution is 7.89. The van der Waals surface area contributed by atoms with Crippen LogP contribution in [0.4, 0.5) is 18.9 Å². The molecule has 1 aliphatic carbocycles. The number of anilines is 1. The van der Waals surface area contributed by atoms with Crippen molar-refractivity contribution in [1.82, 2.24) is 13.9 Å². The van der Waals surface area contributed by atoms with Crippen molar-refractivity contribution >= 4 is 15.7 Å². The summed E-state index contributed by atoms with van der Waals surface area (Å²) in [4.78, 5) is 6.43. The van der Waals surface area contributed by atoms with Gasteiger partial charge in [0.15, 0.2) is 0 Å². The Hall–Kier alpha value is -2.27. The summed E-state index contributed by atoms with van der Waals surface area (Å²) in [5.74, 6) is 1.09. The highest BCUT2D eigenvalue weighted by atomic mass is 32.2. The topological polar surface area (TPSA) is 67.7 Å². The molecular weight excluding hydrogens is 469 g/mol. The van der Waals surface area contributed by atoms with Crippen LogP contribution in [0.3, 0.4) is 0 Å². The molecule has 11 heteroatoms. The van der Waals surface area contributed by atoms with E-state index < -0.39 is 21.6 Å². The summed E-state index contributed by atoms with van der Waals surface area (Å²) in [5, 5.41) is 0. The quantitative estimate of drug-likeness (QED) is 0.562. The van der Waals surface area contributed by atoms with Crippen LogP contribution in [-0.2, 0) is 30.2 Å². The molecule has 1 aromatic carbocycles. The van der Waals surface area contributed by atoms with E-state index in [1.54, 1.807) is 24.5 Å². The molecule has 1 fully saturated rings. The number of nitrogens with zero attached hydrogens (tertiary/aromatic N) is 4. The van der Waals surface area contributed by atoms with Gasteiger partial charge in [-0.25, -0.2) is 13.4 Å². The van der Waals surface area contributed by atoms with Gasteiger partial charge in [0.25, 0.3) is 0 Å². The van der Waals surface area contributed by atoms with Crippen molar-refractivity contribution in [2.24, 2.45) is 13.0 Å². The number of sulfonamides is 1. The summed E-state index contributed by atoms with van der Waals surface area (Å²) < 4.78 is 73.5. The lowest BCUT2D eigenvalue weighted by atomic mass is 9.97. The SMILES string of the molecule is COc1ccc2c(c1)N(Cc1cn(C)cn1)[C@@H](CCC1CCCC1)CN(S(=O)(=O)C(F)(F)F)C2. The molecule has 2 aliphatic rings. The number of imidazole rings is 1. The number of aromatic nitrogens is 2. The van der Waals surface area contributed by atoms with Gasteiger partial charge in [0.1, 0.15) is 5.75 Å². The zero-order valence-electron chi connectivity index (χ0n) is 19.5. The van der Waals surface area contributed by atoms with Gasteiger partial charge in [0, 0.05) is 44.1 Å². The first-order chi connectivity index (χ1) is 16.1. The number of rotatable bonds is 7. The van der Waals surface area contributed by atoms with Gasteiger partial charge >= 0.3 is 15.5 Å². The minimum atomic E-state index is -5.49. The van der Waals surface area contributed by atoms with Crippen molar-refractivity contribution in [3.8, 4) is 5.75 Å². The van der Waals surface area contributed by atoms with E-state index >= 15 is 0 Å². The van der Waals surface area contributed by atoms with Crippen LogP contribution in [0.5, 0.6) is 5.75 Å². The van der Waals surface area contributed by atoms with Crippen molar-refractivity contribution in [3.05, 3.63) is 42.0 Å². The molecule has 4 rings (SSSR count). The van der Waals surface area contributed by atoms with Gasteiger partial charge in [0.05, 0.1) is 25.7 Å². The van der Waals surface area contributed by atoms with Crippen LogP contribution in [-0.4, -0.2) is 47.5 Å². The summed E-state index contributed by atoms with van der Waals surface area (Å²) in [6, 6.07) is 4.64. The number of alkyl halides is 3. The first-order valence-corrected chi connectivity index (χ1v) is 13.0. The van der Waals surface area contributed by atoms with Gasteiger partial charge in [-0.2, -0.15) is 17.5 Å². The second-order valence-corrected chi connectivity index (χ2v) is 11.2. The van der Waals surface area contributed by atoms with Crippen LogP contribution in [0, 0.1) is 5.92 Å². The molecule has 2 heterocycles. The van der Waals surface area contributed by atoms with Crippen molar-refractivity contribution in [2.75, 3.05) is 18.6 Å². The Balaban J connectivity index is 1.76. The molecule has 0 bridgehead atoms. The lowest BCUT2D eigenvalue weighted by Gasteiger charge is -2.34. The summed E-state index contributed by atoms with van der Waals surface area (Å²) in [5.41, 5.74) is -3.41. The largest absolute Gasteiger partial charge is 0.511 e. The van der Waals surface area contributed by atoms with E-state index in [4.69, 9.17) is 4.74 Å². The van der Waals surface area contributed by atoms with E-state index in [1.165, 1.54) is 20.0 Å². The summed E-state index contributed by atoms with van der Waals surface area (Å²) in [6.45, 7) is -0.228. The monoisotopic (exact) mass is 500 g/mol. The van der Waals surface area contributed by atoms with Crippen LogP contribution >= 0.6 is 0 Å². The molecule has 0 radical (unpaired) electrons. The number of methoxy groups -OCH3 is 1. The number of halogens is 3. The number of benzene rings is 1. The van der Waals surface area contributed by atoms with Gasteiger partial charge < -0.3 is 14.2 Å². The maximum absolute atomic E-state index is 13.6. The van der Waals surface area contributed by atoms with E-state index in [9.17, 15) is 21.6 Å². The molecule has 0 unspecified atom stereocenters. The van der Waals surface area contributed by atoms with Crippen LogP contribution in [0.2, 0.25) is 0 Å². The van der Waals surface area contributed by atoms with Crippen molar-refractivity contribution in [3.63, 3.8) is 0 Å². The normalized spacial score (nSPS) is 20.4. The zero-order valence-corrected chi connectivity index (χ0v) is 20.3. The molecule has 0 amide bonds. The molecular formula is C23H31F3N4O3S. The van der Waals surface area contributed by atoms with Crippen LogP contribution < -0.4 is 9.64 Å². The predicted octanol–water partition coefficient (Wildman–Crippen LogP) is 4.44. The first kappa shape index (κ1) is 24.8. The zero-order chi connectivity index (χ0) is 24.5. The molecule has 1 aromatic heterocycles. The number of ether oxygens (including phenoxy) is 1. The number of hydrogen-bond acceptors (Lipinski definition) is 5. The van der Waals surface area contributed by atoms with Gasteiger partial charge in [-0.3, -0.25) is 0 Å². The van der Waals surface area contributed by atoms with Gasteiger partial charge in [-0.15, -0.1) is 0 Å². The molecule has 7 nitrogen and oxygen atoms in total. The highest BCUT2D eigenvalue weighted by Crippen LogP contribution is 2.38. The summed E-state index contributed by atoms with van der Waals surface area (Å²) >= 11 is 0. The minimum absolute atomic E-state index is 0.238. The Labute approximate surface area is 198 Å². The average Bonchev–Trinajstić information content (AvgIpc) is 3.42. The van der Waals surface area contributed by atoms with Crippen LogP contribution in [0.25, 0.3) is 0 Å². The predicted molar refractivity (Wildman–Crippen MR) is 123 cm³/mol. The van der Waals surface area contributed by atoms with Crippen LogP contribution in [0.15, 0.2) is 30.7 Å². The van der Waals surface area contributed by atoms with E-state index in [1.807, 2.05) is 22.7 Å². The number of aryl methyl sites for hydroxylation is 1. The molecule has 1 aliphatic heterocycles. The third-order valence-electron chi connectivity index (χ3n) is 6.91. The Morgan fingerprint density at radius 3 is 2.53 bits per heavy atom. The average molecular weight is 501 g/mol. The summed E-state index contributed by atoms with van der Waals surface area (Å²) in [6.07, 6.45) is 9.55. The standard InChI is InChI=1S/C23H31F3N4O3S/c1-28-13-19(27-16-28)14-30-20(9-7-17-5-3-4-6-17)15-29(34(31,32)23(24,25)26)12-18-8-10-21(33-2)11-22(18)30/h8,10-11,13,16-17,20H,3-7,9,12,14-15H2,1-2H3/t20-/m0/s1. The molecule has 0 saturated heterocycles.